The first-order valence-corrected chi connectivity index (χ1v) is 14.7. The summed E-state index contributed by atoms with van der Waals surface area (Å²) in [4.78, 5) is 9.53. The Morgan fingerprint density at radius 1 is 1.28 bits per heavy atom. The average molecular weight is 522 g/mol. The first-order chi connectivity index (χ1) is 17.5. The summed E-state index contributed by atoms with van der Waals surface area (Å²) in [6.45, 7) is 3.25. The quantitative estimate of drug-likeness (QED) is 0.424. The molecule has 0 unspecified atom stereocenters. The minimum Gasteiger partial charge on any atom is -0.364 e. The van der Waals surface area contributed by atoms with Gasteiger partial charge in [0.2, 0.25) is 10.0 Å². The molecule has 0 saturated carbocycles. The van der Waals surface area contributed by atoms with E-state index in [2.05, 4.69) is 33.1 Å². The van der Waals surface area contributed by atoms with Crippen LogP contribution in [0.15, 0.2) is 71.4 Å². The second-order valence-corrected chi connectivity index (χ2v) is 11.7. The highest BCUT2D eigenvalue weighted by Gasteiger charge is 2.37. The Kier molecular flexibility index (Phi) is 8.52. The maximum Gasteiger partial charge on any atom is 0.249 e. The summed E-state index contributed by atoms with van der Waals surface area (Å²) < 4.78 is 30.0. The molecule has 2 aromatic carbocycles. The summed E-state index contributed by atoms with van der Waals surface area (Å²) in [5.41, 5.74) is 4.41. The largest absolute Gasteiger partial charge is 0.364 e. The zero-order valence-corrected chi connectivity index (χ0v) is 22.2. The van der Waals surface area contributed by atoms with Crippen LogP contribution in [0.25, 0.3) is 0 Å². The van der Waals surface area contributed by atoms with Crippen LogP contribution in [0, 0.1) is 11.3 Å². The maximum atomic E-state index is 14.0. The number of H-pyrrole nitrogens is 1. The van der Waals surface area contributed by atoms with Crippen LogP contribution in [0.4, 0.5) is 5.69 Å². The number of nitriles is 1. The molecule has 2 heterocycles. The highest BCUT2D eigenvalue weighted by molar-refractivity contribution is 8.17. The van der Waals surface area contributed by atoms with Crippen LogP contribution >= 0.6 is 11.8 Å². The van der Waals surface area contributed by atoms with E-state index in [9.17, 15) is 13.7 Å². The molecule has 1 aromatic heterocycles. The van der Waals surface area contributed by atoms with Crippen molar-refractivity contribution >= 4 is 27.5 Å². The Labute approximate surface area is 217 Å². The van der Waals surface area contributed by atoms with Crippen molar-refractivity contribution in [2.24, 2.45) is 0 Å². The van der Waals surface area contributed by atoms with Crippen LogP contribution in [0.2, 0.25) is 0 Å². The Hall–Kier alpha value is -3.06. The van der Waals surface area contributed by atoms with Crippen LogP contribution in [0.1, 0.15) is 42.1 Å². The number of rotatable bonds is 9. The zero-order valence-electron chi connectivity index (χ0n) is 20.6. The van der Waals surface area contributed by atoms with E-state index in [4.69, 9.17) is 0 Å². The molecule has 1 aliphatic heterocycles. The first kappa shape index (κ1) is 26.0. The standard InChI is InChI=1S/C27H31N5O2S2/c1-3-7-27(35-2)36(33,34)32-17-23-14-22(15-28)11-13-26(23)31(18-24-16-29-20-30-24)19-25(32)12-10-21-8-5-4-6-9-21/h4-9,11,13-14,16,20,25H,3,10,12,17-19H2,1-2H3,(H,29,30)/b27-7+/t25-/m1/s1. The molecule has 0 radical (unpaired) electrons. The Balaban J connectivity index is 1.78. The third-order valence-corrected chi connectivity index (χ3v) is 9.79. The fourth-order valence-electron chi connectivity index (χ4n) is 4.63. The molecular weight excluding hydrogens is 490 g/mol. The second kappa shape index (κ2) is 11.8. The predicted octanol–water partition coefficient (Wildman–Crippen LogP) is 5.05. The molecule has 1 aliphatic rings. The number of imidazole rings is 1. The van der Waals surface area contributed by atoms with E-state index in [1.54, 1.807) is 29.0 Å². The normalized spacial score (nSPS) is 16.9. The van der Waals surface area contributed by atoms with Crippen molar-refractivity contribution in [1.82, 2.24) is 14.3 Å². The van der Waals surface area contributed by atoms with Crippen molar-refractivity contribution in [3.05, 3.63) is 93.8 Å². The molecule has 1 atom stereocenters. The third kappa shape index (κ3) is 5.84. The molecule has 36 heavy (non-hydrogen) atoms. The molecule has 0 bridgehead atoms. The minimum absolute atomic E-state index is 0.216. The minimum atomic E-state index is -3.73. The smallest absolute Gasteiger partial charge is 0.249 e. The van der Waals surface area contributed by atoms with E-state index in [0.717, 1.165) is 23.4 Å². The van der Waals surface area contributed by atoms with Gasteiger partial charge in [-0.1, -0.05) is 43.3 Å². The van der Waals surface area contributed by atoms with E-state index in [1.165, 1.54) is 17.3 Å². The van der Waals surface area contributed by atoms with Gasteiger partial charge in [-0.05, 0) is 54.8 Å². The van der Waals surface area contributed by atoms with Crippen LogP contribution in [0.3, 0.4) is 0 Å². The first-order valence-electron chi connectivity index (χ1n) is 12.0. The van der Waals surface area contributed by atoms with Gasteiger partial charge >= 0.3 is 0 Å². The van der Waals surface area contributed by atoms with E-state index < -0.39 is 10.0 Å². The van der Waals surface area contributed by atoms with Gasteiger partial charge in [0.1, 0.15) is 4.24 Å². The summed E-state index contributed by atoms with van der Waals surface area (Å²) in [6, 6.07) is 17.7. The number of hydrogen-bond acceptors (Lipinski definition) is 6. The van der Waals surface area contributed by atoms with Crippen molar-refractivity contribution in [3.8, 4) is 6.07 Å². The van der Waals surface area contributed by atoms with Gasteiger partial charge in [-0.3, -0.25) is 0 Å². The lowest BCUT2D eigenvalue weighted by Gasteiger charge is -2.32. The Morgan fingerprint density at radius 3 is 2.75 bits per heavy atom. The van der Waals surface area contributed by atoms with E-state index in [1.807, 2.05) is 43.5 Å². The molecule has 1 N–H and O–H groups in total. The molecule has 0 amide bonds. The summed E-state index contributed by atoms with van der Waals surface area (Å²) in [7, 11) is -3.73. The van der Waals surface area contributed by atoms with Crippen molar-refractivity contribution in [2.75, 3.05) is 17.7 Å². The maximum absolute atomic E-state index is 14.0. The Bertz CT molecular complexity index is 1330. The molecule has 0 aliphatic carbocycles. The molecular formula is C27H31N5O2S2. The van der Waals surface area contributed by atoms with Crippen molar-refractivity contribution in [2.45, 2.75) is 45.3 Å². The topological polar surface area (TPSA) is 93.1 Å². The number of anilines is 1. The van der Waals surface area contributed by atoms with Gasteiger partial charge in [-0.15, -0.1) is 11.8 Å². The predicted molar refractivity (Wildman–Crippen MR) is 146 cm³/mol. The monoisotopic (exact) mass is 521 g/mol. The third-order valence-electron chi connectivity index (χ3n) is 6.37. The fourth-order valence-corrected chi connectivity index (χ4v) is 7.57. The van der Waals surface area contributed by atoms with E-state index in [-0.39, 0.29) is 12.6 Å². The van der Waals surface area contributed by atoms with Gasteiger partial charge in [0, 0.05) is 31.0 Å². The number of benzene rings is 2. The van der Waals surface area contributed by atoms with Crippen LogP contribution in [-0.4, -0.2) is 41.5 Å². The number of hydrogen-bond donors (Lipinski definition) is 1. The number of aromatic amines is 1. The van der Waals surface area contributed by atoms with Crippen LogP contribution in [-0.2, 0) is 29.5 Å². The van der Waals surface area contributed by atoms with Gasteiger partial charge in [0.05, 0.1) is 30.2 Å². The average Bonchev–Trinajstić information content (AvgIpc) is 3.35. The summed E-state index contributed by atoms with van der Waals surface area (Å²) in [5, 5.41) is 9.55. The van der Waals surface area contributed by atoms with Crippen molar-refractivity contribution in [3.63, 3.8) is 0 Å². The second-order valence-electron chi connectivity index (χ2n) is 8.78. The molecule has 0 saturated heterocycles. The number of thioether (sulfide) groups is 1. The Morgan fingerprint density at radius 2 is 2.08 bits per heavy atom. The SMILES string of the molecule is CC/C=C(\SC)S(=O)(=O)N1Cc2cc(C#N)ccc2N(Cc2cnc[nH]2)C[C@H]1CCc1ccccc1. The van der Waals surface area contributed by atoms with Crippen LogP contribution in [0.5, 0.6) is 0 Å². The molecule has 7 nitrogen and oxygen atoms in total. The molecule has 188 valence electrons. The highest BCUT2D eigenvalue weighted by Crippen LogP contribution is 2.35. The lowest BCUT2D eigenvalue weighted by Crippen LogP contribution is -2.44. The summed E-state index contributed by atoms with van der Waals surface area (Å²) >= 11 is 1.26. The summed E-state index contributed by atoms with van der Waals surface area (Å²) in [6.07, 6.45) is 9.11. The summed E-state index contributed by atoms with van der Waals surface area (Å²) in [5.74, 6) is 0. The fraction of sp³-hybridized carbons (Fsp3) is 0.333. The van der Waals surface area contributed by atoms with Gasteiger partial charge < -0.3 is 9.88 Å². The number of nitrogens with zero attached hydrogens (tertiary/aromatic N) is 4. The highest BCUT2D eigenvalue weighted by atomic mass is 32.3. The zero-order chi connectivity index (χ0) is 25.5. The van der Waals surface area contributed by atoms with Gasteiger partial charge in [-0.25, -0.2) is 13.4 Å². The molecule has 0 fully saturated rings. The molecule has 0 spiro atoms. The lowest BCUT2D eigenvalue weighted by atomic mass is 10.0. The van der Waals surface area contributed by atoms with E-state index >= 15 is 0 Å². The molecule has 9 heteroatoms. The number of aromatic nitrogens is 2. The van der Waals surface area contributed by atoms with E-state index in [0.29, 0.717) is 35.7 Å². The molecule has 3 aromatic rings. The van der Waals surface area contributed by atoms with Gasteiger partial charge in [0.15, 0.2) is 0 Å². The van der Waals surface area contributed by atoms with Crippen LogP contribution < -0.4 is 4.90 Å². The molecule has 4 rings (SSSR count). The van der Waals surface area contributed by atoms with Crippen molar-refractivity contribution in [1.29, 1.82) is 5.26 Å². The number of aryl methyl sites for hydroxylation is 1. The van der Waals surface area contributed by atoms with Gasteiger partial charge in [-0.2, -0.15) is 9.57 Å². The number of sulfonamides is 1. The number of nitrogens with one attached hydrogen (secondary N) is 1. The van der Waals surface area contributed by atoms with Crippen molar-refractivity contribution < 1.29 is 8.42 Å². The lowest BCUT2D eigenvalue weighted by molar-refractivity contribution is 0.308. The number of allylic oxidation sites excluding steroid dienone is 1. The van der Waals surface area contributed by atoms with Gasteiger partial charge in [0.25, 0.3) is 0 Å². The number of fused-ring (bicyclic) bond motifs is 1.